The highest BCUT2D eigenvalue weighted by Gasteiger charge is 2.42. The van der Waals surface area contributed by atoms with E-state index in [0.29, 0.717) is 10.6 Å². The fourth-order valence-corrected chi connectivity index (χ4v) is 5.20. The van der Waals surface area contributed by atoms with E-state index in [4.69, 9.17) is 11.6 Å². The molecule has 0 unspecified atom stereocenters. The Morgan fingerprint density at radius 1 is 1.19 bits per heavy atom. The van der Waals surface area contributed by atoms with Gasteiger partial charge in [-0.05, 0) is 41.8 Å². The smallest absolute Gasteiger partial charge is 0.333 e. The van der Waals surface area contributed by atoms with Gasteiger partial charge >= 0.3 is 5.97 Å². The number of rotatable bonds is 4. The molecule has 2 atom stereocenters. The molecule has 0 saturated heterocycles. The van der Waals surface area contributed by atoms with E-state index in [1.165, 1.54) is 4.31 Å². The zero-order valence-electron chi connectivity index (χ0n) is 14.3. The molecule has 1 N–H and O–H groups in total. The van der Waals surface area contributed by atoms with Gasteiger partial charge in [0.1, 0.15) is 0 Å². The highest BCUT2D eigenvalue weighted by atomic mass is 79.9. The molecule has 0 amide bonds. The largest absolute Gasteiger partial charge is 0.478 e. The van der Waals surface area contributed by atoms with Gasteiger partial charge in [-0.2, -0.15) is 4.31 Å². The molecule has 1 aliphatic heterocycles. The van der Waals surface area contributed by atoms with Crippen molar-refractivity contribution >= 4 is 43.5 Å². The second-order valence-electron chi connectivity index (χ2n) is 6.32. The van der Waals surface area contributed by atoms with Crippen LogP contribution in [0.1, 0.15) is 29.6 Å². The first-order valence-electron chi connectivity index (χ1n) is 8.11. The van der Waals surface area contributed by atoms with Crippen LogP contribution in [0.3, 0.4) is 0 Å². The Morgan fingerprint density at radius 3 is 2.41 bits per heavy atom. The van der Waals surface area contributed by atoms with Gasteiger partial charge in [0.05, 0.1) is 23.9 Å². The van der Waals surface area contributed by atoms with Gasteiger partial charge in [-0.1, -0.05) is 57.9 Å². The van der Waals surface area contributed by atoms with Crippen LogP contribution in [-0.4, -0.2) is 30.1 Å². The summed E-state index contributed by atoms with van der Waals surface area (Å²) in [6.45, 7) is 0. The lowest BCUT2D eigenvalue weighted by atomic mass is 9.89. The summed E-state index contributed by atoms with van der Waals surface area (Å²) < 4.78 is 27.5. The van der Waals surface area contributed by atoms with Crippen molar-refractivity contribution in [1.82, 2.24) is 4.31 Å². The number of aliphatic carboxylic acids is 1. The Kier molecular flexibility index (Phi) is 5.76. The maximum atomic E-state index is 12.7. The summed E-state index contributed by atoms with van der Waals surface area (Å²) in [4.78, 5) is 11.9. The van der Waals surface area contributed by atoms with Gasteiger partial charge < -0.3 is 5.11 Å². The molecule has 1 aliphatic rings. The molecule has 27 heavy (non-hydrogen) atoms. The normalized spacial score (nSPS) is 20.9. The van der Waals surface area contributed by atoms with Crippen LogP contribution in [0.25, 0.3) is 0 Å². The van der Waals surface area contributed by atoms with Crippen molar-refractivity contribution in [3.8, 4) is 0 Å². The second-order valence-corrected chi connectivity index (χ2v) is 9.56. The highest BCUT2D eigenvalue weighted by molar-refractivity contribution is 9.10. The van der Waals surface area contributed by atoms with Gasteiger partial charge in [-0.15, -0.1) is 0 Å². The molecule has 2 aromatic carbocycles. The Hall–Kier alpha value is -1.67. The molecule has 0 aliphatic carbocycles. The molecule has 0 aromatic heterocycles. The van der Waals surface area contributed by atoms with Gasteiger partial charge in [0.15, 0.2) is 0 Å². The van der Waals surface area contributed by atoms with Crippen LogP contribution in [0, 0.1) is 0 Å². The number of halogens is 2. The maximum absolute atomic E-state index is 12.7. The fraction of sp³-hybridized carbons (Fsp3) is 0.211. The van der Waals surface area contributed by atoms with Crippen molar-refractivity contribution in [2.45, 2.75) is 18.5 Å². The molecule has 0 saturated carbocycles. The topological polar surface area (TPSA) is 74.7 Å². The van der Waals surface area contributed by atoms with Gasteiger partial charge in [-0.3, -0.25) is 0 Å². The van der Waals surface area contributed by atoms with Gasteiger partial charge in [0.25, 0.3) is 0 Å². The van der Waals surface area contributed by atoms with Crippen LogP contribution >= 0.6 is 27.5 Å². The van der Waals surface area contributed by atoms with Crippen molar-refractivity contribution in [2.75, 3.05) is 6.26 Å². The van der Waals surface area contributed by atoms with Crippen molar-refractivity contribution in [1.29, 1.82) is 0 Å². The predicted molar refractivity (Wildman–Crippen MR) is 108 cm³/mol. The molecule has 5 nitrogen and oxygen atoms in total. The molecule has 0 bridgehead atoms. The first-order valence-corrected chi connectivity index (χ1v) is 11.1. The Labute approximate surface area is 171 Å². The van der Waals surface area contributed by atoms with E-state index >= 15 is 0 Å². The number of nitrogens with zero attached hydrogens (tertiary/aromatic N) is 1. The average molecular weight is 471 g/mol. The third-order valence-electron chi connectivity index (χ3n) is 4.47. The minimum absolute atomic E-state index is 0.0451. The van der Waals surface area contributed by atoms with Crippen molar-refractivity contribution in [2.24, 2.45) is 0 Å². The van der Waals surface area contributed by atoms with Crippen molar-refractivity contribution in [3.05, 3.63) is 80.8 Å². The third kappa shape index (κ3) is 4.27. The van der Waals surface area contributed by atoms with Crippen LogP contribution in [0.2, 0.25) is 5.02 Å². The van der Waals surface area contributed by atoms with Crippen LogP contribution in [0.5, 0.6) is 0 Å². The van der Waals surface area contributed by atoms with E-state index < -0.39 is 28.1 Å². The molecule has 3 rings (SSSR count). The summed E-state index contributed by atoms with van der Waals surface area (Å²) in [5, 5.41) is 10.2. The van der Waals surface area contributed by atoms with Crippen molar-refractivity contribution < 1.29 is 18.3 Å². The van der Waals surface area contributed by atoms with E-state index in [1.807, 2.05) is 0 Å². The predicted octanol–water partition coefficient (Wildman–Crippen LogP) is 4.56. The zero-order valence-corrected chi connectivity index (χ0v) is 17.5. The van der Waals surface area contributed by atoms with E-state index in [-0.39, 0.29) is 12.0 Å². The summed E-state index contributed by atoms with van der Waals surface area (Å²) in [6, 6.07) is 12.5. The Balaban J connectivity index is 2.21. The Bertz CT molecular complexity index is 1000. The van der Waals surface area contributed by atoms with E-state index in [9.17, 15) is 18.3 Å². The highest BCUT2D eigenvalue weighted by Crippen LogP contribution is 2.44. The summed E-state index contributed by atoms with van der Waals surface area (Å²) >= 11 is 9.33. The van der Waals surface area contributed by atoms with Crippen molar-refractivity contribution in [3.63, 3.8) is 0 Å². The van der Waals surface area contributed by atoms with E-state index in [1.54, 1.807) is 54.6 Å². The molecule has 8 heteroatoms. The van der Waals surface area contributed by atoms with Crippen LogP contribution in [0.15, 0.2) is 64.7 Å². The Morgan fingerprint density at radius 2 is 1.85 bits per heavy atom. The SMILES string of the molecule is CS(=O)(=O)N1[C@@H](c2cccc(Br)c2)C(C(=O)O)=CC[C@H]1c1ccc(Cl)cc1. The maximum Gasteiger partial charge on any atom is 0.333 e. The number of benzene rings is 2. The first kappa shape index (κ1) is 20.1. The standard InChI is InChI=1S/C19H17BrClNO4S/c1-27(25,26)22-17(12-5-7-15(21)8-6-12)10-9-16(19(23)24)18(22)13-3-2-4-14(20)11-13/h2-9,11,17-18H,10H2,1H3,(H,23,24)/t17-,18-/m0/s1. The number of hydrogen-bond acceptors (Lipinski definition) is 3. The monoisotopic (exact) mass is 469 g/mol. The number of hydrogen-bond donors (Lipinski definition) is 1. The number of carboxylic acid groups (broad SMARTS) is 1. The molecule has 0 spiro atoms. The number of carbonyl (C=O) groups is 1. The lowest BCUT2D eigenvalue weighted by Gasteiger charge is -2.40. The molecule has 2 aromatic rings. The lowest BCUT2D eigenvalue weighted by Crippen LogP contribution is -2.41. The molecule has 0 fully saturated rings. The number of sulfonamides is 1. The second kappa shape index (κ2) is 7.75. The fourth-order valence-electron chi connectivity index (χ4n) is 3.37. The first-order chi connectivity index (χ1) is 12.7. The molecule has 142 valence electrons. The van der Waals surface area contributed by atoms with Crippen LogP contribution in [-0.2, 0) is 14.8 Å². The molecular formula is C19H17BrClNO4S. The molecular weight excluding hydrogens is 454 g/mol. The minimum atomic E-state index is -3.73. The van der Waals surface area contributed by atoms with Gasteiger partial charge in [0, 0.05) is 9.50 Å². The third-order valence-corrected chi connectivity index (χ3v) is 6.44. The summed E-state index contributed by atoms with van der Waals surface area (Å²) in [5.74, 6) is -1.14. The molecule has 0 radical (unpaired) electrons. The van der Waals surface area contributed by atoms with Gasteiger partial charge in [-0.25, -0.2) is 13.2 Å². The average Bonchev–Trinajstić information content (AvgIpc) is 2.60. The van der Waals surface area contributed by atoms with Crippen LogP contribution in [0.4, 0.5) is 0 Å². The minimum Gasteiger partial charge on any atom is -0.478 e. The lowest BCUT2D eigenvalue weighted by molar-refractivity contribution is -0.133. The zero-order chi connectivity index (χ0) is 19.8. The molecule has 1 heterocycles. The summed E-state index contributed by atoms with van der Waals surface area (Å²) in [6.07, 6.45) is 2.97. The van der Waals surface area contributed by atoms with Gasteiger partial charge in [0.2, 0.25) is 10.0 Å². The van der Waals surface area contributed by atoms with Crippen LogP contribution < -0.4 is 0 Å². The summed E-state index contributed by atoms with van der Waals surface area (Å²) in [7, 11) is -3.73. The number of carboxylic acids is 1. The summed E-state index contributed by atoms with van der Waals surface area (Å²) in [5.41, 5.74) is 1.39. The quantitative estimate of drug-likeness (QED) is 0.711. The van der Waals surface area contributed by atoms with E-state index in [0.717, 1.165) is 16.3 Å². The van der Waals surface area contributed by atoms with E-state index in [2.05, 4.69) is 15.9 Å².